The van der Waals surface area contributed by atoms with E-state index in [1.165, 1.54) is 25.8 Å². The third-order valence-electron chi connectivity index (χ3n) is 4.41. The second-order valence-corrected chi connectivity index (χ2v) is 5.78. The topological polar surface area (TPSA) is 57.0 Å². The number of hydrogen-bond acceptors (Lipinski definition) is 5. The summed E-state index contributed by atoms with van der Waals surface area (Å²) in [6.07, 6.45) is 4.96. The first-order valence-electron chi connectivity index (χ1n) is 7.73. The Bertz CT molecular complexity index is 493. The summed E-state index contributed by atoms with van der Waals surface area (Å²) in [5, 5.41) is 0. The predicted molar refractivity (Wildman–Crippen MR) is 80.8 cm³/mol. The molecular weight excluding hydrogens is 268 g/mol. The van der Waals surface area contributed by atoms with Gasteiger partial charge in [-0.1, -0.05) is 6.42 Å². The number of nitrogens with zero attached hydrogens (tertiary/aromatic N) is 1. The highest BCUT2D eigenvalue weighted by Crippen LogP contribution is 2.38. The maximum Gasteiger partial charge on any atom is 0.231 e. The van der Waals surface area contributed by atoms with Crippen molar-refractivity contribution in [3.05, 3.63) is 17.7 Å². The van der Waals surface area contributed by atoms with Gasteiger partial charge in [0.15, 0.2) is 11.5 Å². The van der Waals surface area contributed by atoms with Crippen LogP contribution in [0.2, 0.25) is 0 Å². The molecule has 0 aromatic heterocycles. The maximum absolute atomic E-state index is 5.96. The van der Waals surface area contributed by atoms with E-state index < -0.39 is 0 Å². The van der Waals surface area contributed by atoms with Gasteiger partial charge in [0.25, 0.3) is 0 Å². The highest BCUT2D eigenvalue weighted by molar-refractivity contribution is 5.51. The maximum atomic E-state index is 5.96. The molecule has 5 nitrogen and oxygen atoms in total. The lowest BCUT2D eigenvalue weighted by molar-refractivity contribution is 0.152. The van der Waals surface area contributed by atoms with Crippen LogP contribution in [0.3, 0.4) is 0 Å². The van der Waals surface area contributed by atoms with Crippen LogP contribution in [0.5, 0.6) is 17.2 Å². The molecule has 0 spiro atoms. The molecule has 0 amide bonds. The van der Waals surface area contributed by atoms with E-state index in [0.29, 0.717) is 19.2 Å². The molecule has 1 aromatic rings. The van der Waals surface area contributed by atoms with Gasteiger partial charge < -0.3 is 24.8 Å². The lowest BCUT2D eigenvalue weighted by Gasteiger charge is -2.32. The van der Waals surface area contributed by atoms with Crippen LogP contribution in [0.1, 0.15) is 31.2 Å². The third kappa shape index (κ3) is 3.24. The third-order valence-corrected chi connectivity index (χ3v) is 4.41. The van der Waals surface area contributed by atoms with Crippen molar-refractivity contribution in [3.8, 4) is 17.2 Å². The van der Waals surface area contributed by atoms with Crippen molar-refractivity contribution in [2.45, 2.75) is 38.3 Å². The zero-order chi connectivity index (χ0) is 14.7. The smallest absolute Gasteiger partial charge is 0.231 e. The van der Waals surface area contributed by atoms with E-state index in [2.05, 4.69) is 11.9 Å². The average Bonchev–Trinajstić information content (AvgIpc) is 2.95. The molecule has 0 bridgehead atoms. The second kappa shape index (κ2) is 6.54. The fourth-order valence-corrected chi connectivity index (χ4v) is 3.07. The predicted octanol–water partition coefficient (Wildman–Crippen LogP) is 2.13. The Morgan fingerprint density at radius 2 is 2.10 bits per heavy atom. The van der Waals surface area contributed by atoms with Gasteiger partial charge in [-0.3, -0.25) is 0 Å². The highest BCUT2D eigenvalue weighted by Gasteiger charge is 2.20. The van der Waals surface area contributed by atoms with Crippen molar-refractivity contribution in [2.75, 3.05) is 27.0 Å². The molecule has 0 saturated carbocycles. The van der Waals surface area contributed by atoms with E-state index >= 15 is 0 Å². The van der Waals surface area contributed by atoms with E-state index in [4.69, 9.17) is 19.9 Å². The van der Waals surface area contributed by atoms with Crippen molar-refractivity contribution >= 4 is 0 Å². The summed E-state index contributed by atoms with van der Waals surface area (Å²) in [5.41, 5.74) is 6.77. The largest absolute Gasteiger partial charge is 0.493 e. The molecule has 2 aliphatic heterocycles. The first kappa shape index (κ1) is 14.5. The van der Waals surface area contributed by atoms with E-state index in [-0.39, 0.29) is 6.79 Å². The van der Waals surface area contributed by atoms with E-state index in [9.17, 15) is 0 Å². The monoisotopic (exact) mass is 292 g/mol. The number of rotatable bonds is 5. The Morgan fingerprint density at radius 1 is 1.29 bits per heavy atom. The lowest BCUT2D eigenvalue weighted by atomic mass is 10.0. The van der Waals surface area contributed by atoms with Gasteiger partial charge in [-0.05, 0) is 38.9 Å². The van der Waals surface area contributed by atoms with Gasteiger partial charge in [-0.2, -0.15) is 0 Å². The molecule has 0 aliphatic carbocycles. The molecule has 2 heterocycles. The first-order chi connectivity index (χ1) is 10.3. The number of likely N-dealkylation sites (tertiary alicyclic amines) is 1. The van der Waals surface area contributed by atoms with Gasteiger partial charge in [0.1, 0.15) is 5.75 Å². The summed E-state index contributed by atoms with van der Waals surface area (Å²) in [7, 11) is 2.20. The summed E-state index contributed by atoms with van der Waals surface area (Å²) in [6, 6.07) is 4.45. The second-order valence-electron chi connectivity index (χ2n) is 5.78. The Hall–Kier alpha value is -1.46. The number of benzene rings is 1. The van der Waals surface area contributed by atoms with Gasteiger partial charge in [0.05, 0.1) is 6.61 Å². The molecule has 1 saturated heterocycles. The average molecular weight is 292 g/mol. The van der Waals surface area contributed by atoms with Crippen molar-refractivity contribution in [1.82, 2.24) is 4.90 Å². The molecule has 2 N–H and O–H groups in total. The zero-order valence-corrected chi connectivity index (χ0v) is 12.6. The lowest BCUT2D eigenvalue weighted by Crippen LogP contribution is -2.37. The van der Waals surface area contributed by atoms with E-state index in [0.717, 1.165) is 29.2 Å². The van der Waals surface area contributed by atoms with Crippen LogP contribution in [0.4, 0.5) is 0 Å². The van der Waals surface area contributed by atoms with Gasteiger partial charge in [0, 0.05) is 24.2 Å². The van der Waals surface area contributed by atoms with Crippen molar-refractivity contribution in [2.24, 2.45) is 5.73 Å². The molecule has 116 valence electrons. The molecule has 5 heteroatoms. The van der Waals surface area contributed by atoms with Crippen LogP contribution in [-0.4, -0.2) is 37.9 Å². The summed E-state index contributed by atoms with van der Waals surface area (Å²) in [4.78, 5) is 2.44. The van der Waals surface area contributed by atoms with Gasteiger partial charge in [-0.25, -0.2) is 0 Å². The molecular formula is C16H24N2O3. The Labute approximate surface area is 126 Å². The minimum Gasteiger partial charge on any atom is -0.493 e. The summed E-state index contributed by atoms with van der Waals surface area (Å²) >= 11 is 0. The number of ether oxygens (including phenoxy) is 3. The Kier molecular flexibility index (Phi) is 4.51. The summed E-state index contributed by atoms with van der Waals surface area (Å²) in [5.74, 6) is 2.33. The molecule has 1 fully saturated rings. The number of piperidine rings is 1. The molecule has 0 radical (unpaired) electrons. The SMILES string of the molecule is CN1CCCCC1CCOc1cc2c(cc1CN)OCO2. The number of nitrogens with two attached hydrogens (primary N) is 1. The highest BCUT2D eigenvalue weighted by atomic mass is 16.7. The Morgan fingerprint density at radius 3 is 2.86 bits per heavy atom. The molecule has 1 unspecified atom stereocenters. The fourth-order valence-electron chi connectivity index (χ4n) is 3.07. The molecule has 3 rings (SSSR count). The van der Waals surface area contributed by atoms with Crippen molar-refractivity contribution < 1.29 is 14.2 Å². The Balaban J connectivity index is 1.59. The van der Waals surface area contributed by atoms with Crippen LogP contribution in [0.15, 0.2) is 12.1 Å². The van der Waals surface area contributed by atoms with E-state index in [1.54, 1.807) is 0 Å². The normalized spacial score (nSPS) is 21.5. The molecule has 1 aromatic carbocycles. The van der Waals surface area contributed by atoms with Crippen LogP contribution < -0.4 is 19.9 Å². The zero-order valence-electron chi connectivity index (χ0n) is 12.6. The van der Waals surface area contributed by atoms with Gasteiger partial charge in [-0.15, -0.1) is 0 Å². The number of hydrogen-bond donors (Lipinski definition) is 1. The molecule has 1 atom stereocenters. The fraction of sp³-hybridized carbons (Fsp3) is 0.625. The van der Waals surface area contributed by atoms with Crippen LogP contribution in [0.25, 0.3) is 0 Å². The van der Waals surface area contributed by atoms with Gasteiger partial charge in [0.2, 0.25) is 6.79 Å². The van der Waals surface area contributed by atoms with Crippen LogP contribution in [0, 0.1) is 0 Å². The van der Waals surface area contributed by atoms with Crippen LogP contribution in [-0.2, 0) is 6.54 Å². The van der Waals surface area contributed by atoms with Crippen molar-refractivity contribution in [1.29, 1.82) is 0 Å². The van der Waals surface area contributed by atoms with Crippen molar-refractivity contribution in [3.63, 3.8) is 0 Å². The van der Waals surface area contributed by atoms with Crippen LogP contribution >= 0.6 is 0 Å². The quantitative estimate of drug-likeness (QED) is 0.901. The number of fused-ring (bicyclic) bond motifs is 1. The first-order valence-corrected chi connectivity index (χ1v) is 7.73. The minimum atomic E-state index is 0.273. The summed E-state index contributed by atoms with van der Waals surface area (Å²) < 4.78 is 16.7. The minimum absolute atomic E-state index is 0.273. The molecule has 2 aliphatic rings. The van der Waals surface area contributed by atoms with Gasteiger partial charge >= 0.3 is 0 Å². The summed E-state index contributed by atoms with van der Waals surface area (Å²) in [6.45, 7) is 2.62. The molecule has 21 heavy (non-hydrogen) atoms. The van der Waals surface area contributed by atoms with E-state index in [1.807, 2.05) is 12.1 Å². The standard InChI is InChI=1S/C16H24N2O3/c1-18-6-3-2-4-13(18)5-7-19-14-9-16-15(20-11-21-16)8-12(14)10-17/h8-9,13H,2-7,10-11,17H2,1H3.